The van der Waals surface area contributed by atoms with Crippen LogP contribution >= 0.6 is 0 Å². The van der Waals surface area contributed by atoms with Crippen LogP contribution in [-0.4, -0.2) is 9.97 Å². The Bertz CT molecular complexity index is 2270. The van der Waals surface area contributed by atoms with Gasteiger partial charge in [-0.05, 0) is 64.4 Å². The Balaban J connectivity index is 0.000000211. The van der Waals surface area contributed by atoms with Gasteiger partial charge in [-0.3, -0.25) is 0 Å². The van der Waals surface area contributed by atoms with E-state index in [1.54, 1.807) is 6.20 Å². The number of nitriles is 1. The molecule has 3 aromatic heterocycles. The summed E-state index contributed by atoms with van der Waals surface area (Å²) < 4.78 is 6.49. The van der Waals surface area contributed by atoms with E-state index in [1.807, 2.05) is 54.7 Å². The number of nitrogens with zero attached hydrogens (tertiary/aromatic N) is 3. The fourth-order valence-electron chi connectivity index (χ4n) is 6.90. The maximum Gasteiger partial charge on any atom is 0.130 e. The van der Waals surface area contributed by atoms with E-state index in [2.05, 4.69) is 104 Å². The summed E-state index contributed by atoms with van der Waals surface area (Å²) in [4.78, 5) is 9.01. The molecule has 8 rings (SSSR count). The van der Waals surface area contributed by atoms with E-state index in [0.717, 1.165) is 55.6 Å². The minimum absolute atomic E-state index is 0. The molecule has 1 aliphatic carbocycles. The first-order chi connectivity index (χ1) is 24.3. The third kappa shape index (κ3) is 7.74. The van der Waals surface area contributed by atoms with Crippen molar-refractivity contribution in [2.75, 3.05) is 0 Å². The fraction of sp³-hybridized carbons (Fsp3) is 0.239. The van der Waals surface area contributed by atoms with E-state index in [-0.39, 0.29) is 25.5 Å². The molecule has 1 aliphatic rings. The number of pyridine rings is 2. The van der Waals surface area contributed by atoms with Crippen LogP contribution in [0.3, 0.4) is 0 Å². The average Bonchev–Trinajstić information content (AvgIpc) is 3.54. The van der Waals surface area contributed by atoms with Gasteiger partial charge < -0.3 is 14.4 Å². The maximum atomic E-state index is 9.90. The molecule has 51 heavy (non-hydrogen) atoms. The topological polar surface area (TPSA) is 62.7 Å². The van der Waals surface area contributed by atoms with Gasteiger partial charge in [0.2, 0.25) is 0 Å². The number of rotatable bonds is 4. The first kappa shape index (κ1) is 35.9. The molecule has 0 spiro atoms. The summed E-state index contributed by atoms with van der Waals surface area (Å²) in [7, 11) is 0. The van der Waals surface area contributed by atoms with Gasteiger partial charge in [0.15, 0.2) is 0 Å². The van der Waals surface area contributed by atoms with Crippen LogP contribution in [0, 0.1) is 30.4 Å². The van der Waals surface area contributed by atoms with Crippen LogP contribution in [0.1, 0.15) is 81.0 Å². The molecule has 0 amide bonds. The summed E-state index contributed by atoms with van der Waals surface area (Å²) in [5.41, 5.74) is 11.7. The Hall–Kier alpha value is -4.88. The Morgan fingerprint density at radius 1 is 0.784 bits per heavy atom. The Morgan fingerprint density at radius 3 is 2.22 bits per heavy atom. The summed E-state index contributed by atoms with van der Waals surface area (Å²) in [6.07, 6.45) is 10.3. The van der Waals surface area contributed by atoms with E-state index in [4.69, 9.17) is 4.42 Å². The zero-order chi connectivity index (χ0) is 34.7. The van der Waals surface area contributed by atoms with Gasteiger partial charge in [-0.25, -0.2) is 0 Å². The standard InChI is InChI=1S/C30H23N2O.C16H18N.Ir/c31-19-23-16-17-25-24-9-6-10-26(27-11-4-5-18-32-27)29(24)33-30(25)28(23)22-14-12-21(13-15-22)20-7-2-1-3-8-20;1-12-5-7-13(8-6-12)15-10-9-14(11-17-15)16(2,3)4;/h4-6,9,11-18,20H,1-3,7-8H2;5-7,9-11H,1-4H3;/q2*-1;. The molecule has 0 aliphatic heterocycles. The van der Waals surface area contributed by atoms with Crippen LogP contribution in [0.2, 0.25) is 0 Å². The Kier molecular flexibility index (Phi) is 11.0. The third-order valence-corrected chi connectivity index (χ3v) is 9.79. The first-order valence-electron chi connectivity index (χ1n) is 17.6. The summed E-state index contributed by atoms with van der Waals surface area (Å²) in [5, 5.41) is 11.9. The molecule has 3 heterocycles. The molecule has 0 saturated heterocycles. The minimum Gasteiger partial charge on any atom is -0.500 e. The van der Waals surface area contributed by atoms with Crippen LogP contribution in [0.4, 0.5) is 0 Å². The van der Waals surface area contributed by atoms with Crippen molar-refractivity contribution in [3.8, 4) is 39.7 Å². The number of hydrogen-bond acceptors (Lipinski definition) is 4. The molecule has 4 nitrogen and oxygen atoms in total. The van der Waals surface area contributed by atoms with E-state index in [1.165, 1.54) is 48.8 Å². The van der Waals surface area contributed by atoms with Crippen LogP contribution in [0.25, 0.3) is 55.6 Å². The summed E-state index contributed by atoms with van der Waals surface area (Å²) in [5.74, 6) is 0.654. The normalized spacial score (nSPS) is 13.2. The summed E-state index contributed by atoms with van der Waals surface area (Å²) in [6, 6.07) is 41.7. The first-order valence-corrected chi connectivity index (χ1v) is 17.6. The van der Waals surface area contributed by atoms with Gasteiger partial charge >= 0.3 is 0 Å². The maximum absolute atomic E-state index is 9.90. The second-order valence-corrected chi connectivity index (χ2v) is 14.3. The van der Waals surface area contributed by atoms with Crippen molar-refractivity contribution in [2.24, 2.45) is 0 Å². The van der Waals surface area contributed by atoms with Gasteiger partial charge in [0, 0.05) is 43.4 Å². The number of aryl methyl sites for hydroxylation is 1. The van der Waals surface area contributed by atoms with Crippen molar-refractivity contribution >= 4 is 21.9 Å². The Morgan fingerprint density at radius 2 is 1.57 bits per heavy atom. The van der Waals surface area contributed by atoms with E-state index in [0.29, 0.717) is 11.5 Å². The molecule has 0 atom stereocenters. The molecular weight excluding hydrogens is 803 g/mol. The predicted octanol–water partition coefficient (Wildman–Crippen LogP) is 12.2. The van der Waals surface area contributed by atoms with Crippen LogP contribution in [0.5, 0.6) is 0 Å². The minimum atomic E-state index is 0. The molecular formula is C46H41IrN3O-2. The van der Waals surface area contributed by atoms with Crippen molar-refractivity contribution in [1.29, 1.82) is 5.26 Å². The molecule has 1 radical (unpaired) electrons. The van der Waals surface area contributed by atoms with Crippen LogP contribution in [0.15, 0.2) is 114 Å². The van der Waals surface area contributed by atoms with Gasteiger partial charge in [0.1, 0.15) is 5.58 Å². The largest absolute Gasteiger partial charge is 0.500 e. The zero-order valence-corrected chi connectivity index (χ0v) is 32.0. The smallest absolute Gasteiger partial charge is 0.130 e. The molecule has 0 N–H and O–H groups in total. The van der Waals surface area contributed by atoms with Gasteiger partial charge in [-0.2, -0.15) is 5.26 Å². The molecule has 7 aromatic rings. The quantitative estimate of drug-likeness (QED) is 0.166. The molecule has 5 heteroatoms. The number of benzene rings is 4. The van der Waals surface area contributed by atoms with E-state index < -0.39 is 0 Å². The second kappa shape index (κ2) is 15.6. The molecule has 1 saturated carbocycles. The van der Waals surface area contributed by atoms with Gasteiger partial charge in [-0.15, -0.1) is 53.6 Å². The fourth-order valence-corrected chi connectivity index (χ4v) is 6.90. The Labute approximate surface area is 315 Å². The zero-order valence-electron chi connectivity index (χ0n) is 29.6. The van der Waals surface area contributed by atoms with Crippen molar-refractivity contribution in [2.45, 2.75) is 71.1 Å². The number of aromatic nitrogens is 2. The predicted molar refractivity (Wildman–Crippen MR) is 204 cm³/mol. The van der Waals surface area contributed by atoms with E-state index in [9.17, 15) is 5.26 Å². The van der Waals surface area contributed by atoms with E-state index >= 15 is 0 Å². The number of furan rings is 1. The second-order valence-electron chi connectivity index (χ2n) is 14.3. The monoisotopic (exact) mass is 844 g/mol. The molecule has 257 valence electrons. The summed E-state index contributed by atoms with van der Waals surface area (Å²) >= 11 is 0. The average molecular weight is 844 g/mol. The van der Waals surface area contributed by atoms with Crippen LogP contribution in [-0.2, 0) is 25.5 Å². The number of hydrogen-bond donors (Lipinski definition) is 0. The molecule has 4 aromatic carbocycles. The van der Waals surface area contributed by atoms with Gasteiger partial charge in [0.25, 0.3) is 0 Å². The SMILES string of the molecule is Cc1c[c-]c(-c2ccc(C(C)(C)C)cn2)cc1.N#Cc1ccc2c(oc3c(-c4ccccn4)[c-]ccc32)c1-c1ccc(C2CCCCC2)cc1.[Ir]. The van der Waals surface area contributed by atoms with Crippen LogP contribution < -0.4 is 0 Å². The van der Waals surface area contributed by atoms with Gasteiger partial charge in [0.05, 0.1) is 17.2 Å². The molecule has 0 bridgehead atoms. The number of fused-ring (bicyclic) bond motifs is 3. The van der Waals surface area contributed by atoms with Crippen molar-refractivity contribution in [3.05, 3.63) is 144 Å². The third-order valence-electron chi connectivity index (χ3n) is 9.79. The van der Waals surface area contributed by atoms with Crippen molar-refractivity contribution in [3.63, 3.8) is 0 Å². The van der Waals surface area contributed by atoms with Gasteiger partial charge in [-0.1, -0.05) is 113 Å². The van der Waals surface area contributed by atoms with Crippen molar-refractivity contribution in [1.82, 2.24) is 9.97 Å². The molecule has 0 unspecified atom stereocenters. The summed E-state index contributed by atoms with van der Waals surface area (Å²) in [6.45, 7) is 8.65. The molecule has 1 fully saturated rings. The van der Waals surface area contributed by atoms with Crippen molar-refractivity contribution < 1.29 is 24.5 Å².